The van der Waals surface area contributed by atoms with E-state index in [1.54, 1.807) is 25.3 Å². The Morgan fingerprint density at radius 3 is 2.67 bits per heavy atom. The van der Waals surface area contributed by atoms with E-state index in [-0.39, 0.29) is 11.9 Å². The van der Waals surface area contributed by atoms with Gasteiger partial charge in [0, 0.05) is 18.2 Å². The molecule has 1 aromatic carbocycles. The number of methoxy groups -OCH3 is 1. The van der Waals surface area contributed by atoms with Crippen LogP contribution in [0, 0.1) is 5.92 Å². The first-order valence-electron chi connectivity index (χ1n) is 5.83. The molecule has 0 aliphatic heterocycles. The fourth-order valence-corrected chi connectivity index (χ4v) is 1.95. The van der Waals surface area contributed by atoms with Crippen LogP contribution in [0.1, 0.15) is 20.3 Å². The van der Waals surface area contributed by atoms with Gasteiger partial charge in [-0.2, -0.15) is 0 Å². The predicted octanol–water partition coefficient (Wildman–Crippen LogP) is 2.77. The molecule has 0 saturated heterocycles. The largest absolute Gasteiger partial charge is 0.496 e. The van der Waals surface area contributed by atoms with Crippen LogP contribution in [0.3, 0.4) is 0 Å². The van der Waals surface area contributed by atoms with E-state index in [2.05, 4.69) is 21.2 Å². The van der Waals surface area contributed by atoms with Gasteiger partial charge in [-0.3, -0.25) is 4.79 Å². The second kappa shape index (κ2) is 6.75. The normalized spacial score (nSPS) is 12.3. The van der Waals surface area contributed by atoms with Gasteiger partial charge >= 0.3 is 0 Å². The lowest BCUT2D eigenvalue weighted by molar-refractivity contribution is -0.116. The quantitative estimate of drug-likeness (QED) is 0.878. The molecule has 0 radical (unpaired) electrons. The Morgan fingerprint density at radius 2 is 2.17 bits per heavy atom. The van der Waals surface area contributed by atoms with Crippen molar-refractivity contribution < 1.29 is 9.53 Å². The number of nitrogens with two attached hydrogens (primary N) is 1. The Kier molecular flexibility index (Phi) is 5.62. The molecule has 5 heteroatoms. The zero-order chi connectivity index (χ0) is 13.7. The number of nitrogens with one attached hydrogen (secondary N) is 1. The third-order valence-corrected chi connectivity index (χ3v) is 3.33. The Morgan fingerprint density at radius 1 is 1.50 bits per heavy atom. The third kappa shape index (κ3) is 4.31. The summed E-state index contributed by atoms with van der Waals surface area (Å²) in [5, 5.41) is 2.82. The average molecular weight is 315 g/mol. The minimum Gasteiger partial charge on any atom is -0.496 e. The molecule has 0 spiro atoms. The number of benzene rings is 1. The van der Waals surface area contributed by atoms with Gasteiger partial charge in [0.2, 0.25) is 5.91 Å². The van der Waals surface area contributed by atoms with Crippen LogP contribution in [0.15, 0.2) is 22.7 Å². The third-order valence-electron chi connectivity index (χ3n) is 2.71. The Hall–Kier alpha value is -1.07. The molecule has 0 aromatic heterocycles. The molecule has 100 valence electrons. The highest BCUT2D eigenvalue weighted by molar-refractivity contribution is 9.10. The van der Waals surface area contributed by atoms with Gasteiger partial charge in [-0.1, -0.05) is 13.8 Å². The fourth-order valence-electron chi connectivity index (χ4n) is 1.41. The number of hydrogen-bond acceptors (Lipinski definition) is 3. The van der Waals surface area contributed by atoms with E-state index < -0.39 is 0 Å². The van der Waals surface area contributed by atoms with Crippen molar-refractivity contribution in [1.29, 1.82) is 0 Å². The highest BCUT2D eigenvalue weighted by Crippen LogP contribution is 2.27. The number of hydrogen-bond donors (Lipinski definition) is 2. The molecule has 1 amide bonds. The van der Waals surface area contributed by atoms with Gasteiger partial charge in [0.15, 0.2) is 0 Å². The van der Waals surface area contributed by atoms with Gasteiger partial charge < -0.3 is 15.8 Å². The molecule has 0 saturated carbocycles. The molecule has 4 nitrogen and oxygen atoms in total. The van der Waals surface area contributed by atoms with Gasteiger partial charge in [-0.15, -0.1) is 0 Å². The van der Waals surface area contributed by atoms with Crippen LogP contribution in [0.5, 0.6) is 5.75 Å². The molecular formula is C13H19BrN2O2. The summed E-state index contributed by atoms with van der Waals surface area (Å²) in [6, 6.07) is 5.27. The van der Waals surface area contributed by atoms with E-state index in [0.29, 0.717) is 12.3 Å². The van der Waals surface area contributed by atoms with Crippen LogP contribution in [0.4, 0.5) is 5.69 Å². The number of anilines is 1. The van der Waals surface area contributed by atoms with Crippen molar-refractivity contribution in [2.24, 2.45) is 11.7 Å². The highest BCUT2D eigenvalue weighted by atomic mass is 79.9. The van der Waals surface area contributed by atoms with Gasteiger partial charge in [0.1, 0.15) is 5.75 Å². The van der Waals surface area contributed by atoms with Gasteiger partial charge in [-0.25, -0.2) is 0 Å². The van der Waals surface area contributed by atoms with E-state index in [1.807, 2.05) is 13.8 Å². The summed E-state index contributed by atoms with van der Waals surface area (Å²) in [7, 11) is 1.60. The monoisotopic (exact) mass is 314 g/mol. The average Bonchev–Trinajstić information content (AvgIpc) is 2.28. The van der Waals surface area contributed by atoms with Crippen molar-refractivity contribution in [2.45, 2.75) is 26.3 Å². The first-order valence-corrected chi connectivity index (χ1v) is 6.62. The summed E-state index contributed by atoms with van der Waals surface area (Å²) in [6.07, 6.45) is 0.321. The lowest BCUT2D eigenvalue weighted by atomic mass is 10.0. The number of amides is 1. The van der Waals surface area contributed by atoms with Crippen LogP contribution in [-0.4, -0.2) is 19.1 Å². The molecule has 1 unspecified atom stereocenters. The molecule has 1 atom stereocenters. The molecule has 0 aliphatic carbocycles. The molecular weight excluding hydrogens is 296 g/mol. The zero-order valence-electron chi connectivity index (χ0n) is 10.9. The maximum absolute atomic E-state index is 11.8. The lowest BCUT2D eigenvalue weighted by Crippen LogP contribution is -2.31. The Bertz CT molecular complexity index is 421. The molecule has 0 bridgehead atoms. The smallest absolute Gasteiger partial charge is 0.225 e. The van der Waals surface area contributed by atoms with Gasteiger partial charge in [0.05, 0.1) is 11.6 Å². The van der Waals surface area contributed by atoms with Crippen LogP contribution in [-0.2, 0) is 4.79 Å². The minimum atomic E-state index is -0.119. The number of rotatable bonds is 5. The van der Waals surface area contributed by atoms with E-state index in [9.17, 15) is 4.79 Å². The van der Waals surface area contributed by atoms with Crippen LogP contribution < -0.4 is 15.8 Å². The second-order valence-electron chi connectivity index (χ2n) is 4.51. The van der Waals surface area contributed by atoms with Gasteiger partial charge in [-0.05, 0) is 40.0 Å². The summed E-state index contributed by atoms with van der Waals surface area (Å²) in [5.41, 5.74) is 6.58. The Labute approximate surface area is 116 Å². The molecule has 3 N–H and O–H groups in total. The summed E-state index contributed by atoms with van der Waals surface area (Å²) in [4.78, 5) is 11.8. The molecule has 1 aromatic rings. The van der Waals surface area contributed by atoms with Crippen molar-refractivity contribution in [3.05, 3.63) is 22.7 Å². The molecule has 0 aliphatic rings. The van der Waals surface area contributed by atoms with E-state index in [1.165, 1.54) is 0 Å². The highest BCUT2D eigenvalue weighted by Gasteiger charge is 2.13. The molecule has 0 heterocycles. The summed E-state index contributed by atoms with van der Waals surface area (Å²) in [5.74, 6) is 0.943. The Balaban J connectivity index is 2.62. The SMILES string of the molecule is COc1ccc(NC(=O)CC(N)C(C)C)cc1Br. The number of carbonyl (C=O) groups excluding carboxylic acids is 1. The van der Waals surface area contributed by atoms with Crippen LogP contribution in [0.25, 0.3) is 0 Å². The number of carbonyl (C=O) groups is 1. The van der Waals surface area contributed by atoms with Crippen LogP contribution in [0.2, 0.25) is 0 Å². The van der Waals surface area contributed by atoms with E-state index >= 15 is 0 Å². The maximum atomic E-state index is 11.8. The molecule has 1 rings (SSSR count). The van der Waals surface area contributed by atoms with Crippen molar-refractivity contribution in [1.82, 2.24) is 0 Å². The first kappa shape index (κ1) is 15.0. The van der Waals surface area contributed by atoms with E-state index in [0.717, 1.165) is 15.9 Å². The van der Waals surface area contributed by atoms with Gasteiger partial charge in [0.25, 0.3) is 0 Å². The van der Waals surface area contributed by atoms with Crippen LogP contribution >= 0.6 is 15.9 Å². The van der Waals surface area contributed by atoms with Crippen molar-refractivity contribution in [2.75, 3.05) is 12.4 Å². The zero-order valence-corrected chi connectivity index (χ0v) is 12.5. The summed E-state index contributed by atoms with van der Waals surface area (Å²) >= 11 is 3.37. The van der Waals surface area contributed by atoms with Crippen molar-refractivity contribution >= 4 is 27.5 Å². The topological polar surface area (TPSA) is 64.3 Å². The van der Waals surface area contributed by atoms with Crippen molar-refractivity contribution in [3.8, 4) is 5.75 Å². The maximum Gasteiger partial charge on any atom is 0.225 e. The summed E-state index contributed by atoms with van der Waals surface area (Å²) in [6.45, 7) is 4.00. The molecule has 0 fully saturated rings. The second-order valence-corrected chi connectivity index (χ2v) is 5.36. The minimum absolute atomic E-state index is 0.0757. The first-order chi connectivity index (χ1) is 8.43. The van der Waals surface area contributed by atoms with Crippen molar-refractivity contribution in [3.63, 3.8) is 0 Å². The number of halogens is 1. The predicted molar refractivity (Wildman–Crippen MR) is 76.8 cm³/mol. The lowest BCUT2D eigenvalue weighted by Gasteiger charge is -2.15. The fraction of sp³-hybridized carbons (Fsp3) is 0.462. The summed E-state index contributed by atoms with van der Waals surface area (Å²) < 4.78 is 5.92. The van der Waals surface area contributed by atoms with E-state index in [4.69, 9.17) is 10.5 Å². The number of ether oxygens (including phenoxy) is 1. The molecule has 18 heavy (non-hydrogen) atoms. The standard InChI is InChI=1S/C13H19BrN2O2/c1-8(2)11(15)7-13(17)16-9-4-5-12(18-3)10(14)6-9/h4-6,8,11H,7,15H2,1-3H3,(H,16,17).